The Morgan fingerprint density at radius 2 is 1.84 bits per heavy atom. The van der Waals surface area contributed by atoms with Crippen molar-refractivity contribution in [3.63, 3.8) is 0 Å². The lowest BCUT2D eigenvalue weighted by atomic mass is 10.2. The van der Waals surface area contributed by atoms with Crippen molar-refractivity contribution in [3.8, 4) is 17.2 Å². The Hall–Kier alpha value is -3.51. The first-order chi connectivity index (χ1) is 15.0. The van der Waals surface area contributed by atoms with Crippen LogP contribution in [-0.4, -0.2) is 25.8 Å². The third-order valence-corrected chi connectivity index (χ3v) is 4.51. The molecule has 160 valence electrons. The Bertz CT molecular complexity index is 1050. The fraction of sp³-hybridized carbons (Fsp3) is 0.167. The summed E-state index contributed by atoms with van der Waals surface area (Å²) in [6, 6.07) is 20.4. The second kappa shape index (κ2) is 11.0. The number of halogens is 1. The summed E-state index contributed by atoms with van der Waals surface area (Å²) in [4.78, 5) is 11.9. The molecule has 3 rings (SSSR count). The van der Waals surface area contributed by atoms with Crippen molar-refractivity contribution in [2.45, 2.75) is 13.5 Å². The predicted octanol–water partition coefficient (Wildman–Crippen LogP) is 4.77. The second-order valence-electron chi connectivity index (χ2n) is 6.72. The minimum atomic E-state index is -0.388. The number of aryl methyl sites for hydroxylation is 1. The number of methoxy groups -OCH3 is 1. The van der Waals surface area contributed by atoms with E-state index in [1.165, 1.54) is 11.8 Å². The first-order valence-electron chi connectivity index (χ1n) is 9.60. The maximum absolute atomic E-state index is 11.9. The van der Waals surface area contributed by atoms with Crippen LogP contribution in [0.15, 0.2) is 71.8 Å². The van der Waals surface area contributed by atoms with Crippen LogP contribution in [0.1, 0.15) is 16.7 Å². The summed E-state index contributed by atoms with van der Waals surface area (Å²) in [5, 5.41) is 4.49. The predicted molar refractivity (Wildman–Crippen MR) is 121 cm³/mol. The molecule has 0 aliphatic carbocycles. The van der Waals surface area contributed by atoms with E-state index in [1.54, 1.807) is 43.5 Å². The van der Waals surface area contributed by atoms with Crippen LogP contribution in [0.5, 0.6) is 17.2 Å². The van der Waals surface area contributed by atoms with E-state index in [0.29, 0.717) is 28.9 Å². The first kappa shape index (κ1) is 22.2. The number of nitrogens with zero attached hydrogens (tertiary/aromatic N) is 1. The highest BCUT2D eigenvalue weighted by atomic mass is 35.5. The van der Waals surface area contributed by atoms with Gasteiger partial charge in [0, 0.05) is 5.02 Å². The van der Waals surface area contributed by atoms with Gasteiger partial charge < -0.3 is 14.2 Å². The van der Waals surface area contributed by atoms with Crippen molar-refractivity contribution in [2.24, 2.45) is 5.10 Å². The lowest BCUT2D eigenvalue weighted by Gasteiger charge is -2.11. The summed E-state index contributed by atoms with van der Waals surface area (Å²) in [6.07, 6.45) is 1.52. The van der Waals surface area contributed by atoms with Crippen LogP contribution >= 0.6 is 11.6 Å². The Kier molecular flexibility index (Phi) is 7.90. The van der Waals surface area contributed by atoms with Gasteiger partial charge in [-0.2, -0.15) is 5.10 Å². The normalized spacial score (nSPS) is 10.7. The van der Waals surface area contributed by atoms with Crippen LogP contribution in [-0.2, 0) is 11.4 Å². The summed E-state index contributed by atoms with van der Waals surface area (Å²) < 4.78 is 16.6. The quantitative estimate of drug-likeness (QED) is 0.386. The van der Waals surface area contributed by atoms with Crippen molar-refractivity contribution in [1.82, 2.24) is 5.43 Å². The molecular weight excluding hydrogens is 416 g/mol. The van der Waals surface area contributed by atoms with Crippen LogP contribution in [0.2, 0.25) is 5.02 Å². The van der Waals surface area contributed by atoms with E-state index in [-0.39, 0.29) is 12.5 Å². The molecule has 0 bridgehead atoms. The SMILES string of the molecule is COc1cc(/C=N/NC(=O)COc2cccc(Cl)c2)ccc1OCc1ccc(C)cc1. The van der Waals surface area contributed by atoms with Gasteiger partial charge in [-0.3, -0.25) is 4.79 Å². The fourth-order valence-corrected chi connectivity index (χ4v) is 2.83. The number of amides is 1. The van der Waals surface area contributed by atoms with Crippen molar-refractivity contribution in [1.29, 1.82) is 0 Å². The van der Waals surface area contributed by atoms with Gasteiger partial charge in [0.2, 0.25) is 0 Å². The molecule has 0 spiro atoms. The second-order valence-corrected chi connectivity index (χ2v) is 7.16. The average molecular weight is 439 g/mol. The summed E-state index contributed by atoms with van der Waals surface area (Å²) in [5.74, 6) is 1.32. The van der Waals surface area contributed by atoms with Gasteiger partial charge in [-0.05, 0) is 54.4 Å². The van der Waals surface area contributed by atoms with E-state index in [1.807, 2.05) is 37.3 Å². The standard InChI is InChI=1S/C24H23ClN2O4/c1-17-6-8-18(9-7-17)15-31-22-11-10-19(12-23(22)29-2)14-26-27-24(28)16-30-21-5-3-4-20(25)13-21/h3-14H,15-16H2,1-2H3,(H,27,28)/b26-14+. The third-order valence-electron chi connectivity index (χ3n) is 4.27. The zero-order valence-corrected chi connectivity index (χ0v) is 18.1. The number of rotatable bonds is 9. The molecule has 0 heterocycles. The molecule has 0 saturated heterocycles. The lowest BCUT2D eigenvalue weighted by Crippen LogP contribution is -2.24. The zero-order chi connectivity index (χ0) is 22.1. The monoisotopic (exact) mass is 438 g/mol. The van der Waals surface area contributed by atoms with Gasteiger partial charge in [-0.15, -0.1) is 0 Å². The molecule has 31 heavy (non-hydrogen) atoms. The molecule has 0 aromatic heterocycles. The van der Waals surface area contributed by atoms with Gasteiger partial charge in [-0.25, -0.2) is 5.43 Å². The minimum Gasteiger partial charge on any atom is -0.493 e. The number of hydrogen-bond donors (Lipinski definition) is 1. The molecule has 0 aliphatic rings. The van der Waals surface area contributed by atoms with Crippen LogP contribution in [0.3, 0.4) is 0 Å². The van der Waals surface area contributed by atoms with Crippen LogP contribution < -0.4 is 19.6 Å². The molecule has 0 fully saturated rings. The zero-order valence-electron chi connectivity index (χ0n) is 17.3. The van der Waals surface area contributed by atoms with Crippen molar-refractivity contribution >= 4 is 23.7 Å². The van der Waals surface area contributed by atoms with Gasteiger partial charge in [0.15, 0.2) is 18.1 Å². The number of ether oxygens (including phenoxy) is 3. The van der Waals surface area contributed by atoms with E-state index >= 15 is 0 Å². The number of benzene rings is 3. The third kappa shape index (κ3) is 7.04. The highest BCUT2D eigenvalue weighted by Gasteiger charge is 2.06. The summed E-state index contributed by atoms with van der Waals surface area (Å²) >= 11 is 5.88. The van der Waals surface area contributed by atoms with E-state index in [0.717, 1.165) is 11.1 Å². The van der Waals surface area contributed by atoms with E-state index in [2.05, 4.69) is 10.5 Å². The number of nitrogens with one attached hydrogen (secondary N) is 1. The van der Waals surface area contributed by atoms with Gasteiger partial charge in [0.25, 0.3) is 5.91 Å². The van der Waals surface area contributed by atoms with E-state index < -0.39 is 0 Å². The Morgan fingerprint density at radius 1 is 1.03 bits per heavy atom. The molecule has 3 aromatic carbocycles. The molecule has 3 aromatic rings. The fourth-order valence-electron chi connectivity index (χ4n) is 2.65. The van der Waals surface area contributed by atoms with Gasteiger partial charge in [0.05, 0.1) is 13.3 Å². The Labute approximate surface area is 186 Å². The number of hydrogen-bond acceptors (Lipinski definition) is 5. The summed E-state index contributed by atoms with van der Waals surface area (Å²) in [5.41, 5.74) is 5.44. The first-order valence-corrected chi connectivity index (χ1v) is 9.98. The summed E-state index contributed by atoms with van der Waals surface area (Å²) in [6.45, 7) is 2.31. The topological polar surface area (TPSA) is 69.2 Å². The Balaban J connectivity index is 1.51. The minimum absolute atomic E-state index is 0.174. The highest BCUT2D eigenvalue weighted by Crippen LogP contribution is 2.28. The van der Waals surface area contributed by atoms with Gasteiger partial charge >= 0.3 is 0 Å². The Morgan fingerprint density at radius 3 is 2.58 bits per heavy atom. The van der Waals surface area contributed by atoms with Crippen molar-refractivity contribution in [2.75, 3.05) is 13.7 Å². The molecule has 0 aliphatic heterocycles. The molecule has 6 nitrogen and oxygen atoms in total. The molecule has 7 heteroatoms. The number of hydrazone groups is 1. The van der Waals surface area contributed by atoms with Crippen molar-refractivity contribution in [3.05, 3.63) is 88.4 Å². The number of carbonyl (C=O) groups excluding carboxylic acids is 1. The van der Waals surface area contributed by atoms with Crippen LogP contribution in [0, 0.1) is 6.92 Å². The molecule has 1 amide bonds. The van der Waals surface area contributed by atoms with Crippen molar-refractivity contribution < 1.29 is 19.0 Å². The molecule has 0 radical (unpaired) electrons. The van der Waals surface area contributed by atoms with E-state index in [4.69, 9.17) is 25.8 Å². The summed E-state index contributed by atoms with van der Waals surface area (Å²) in [7, 11) is 1.57. The van der Waals surface area contributed by atoms with E-state index in [9.17, 15) is 4.79 Å². The smallest absolute Gasteiger partial charge is 0.277 e. The van der Waals surface area contributed by atoms with Crippen LogP contribution in [0.4, 0.5) is 0 Å². The highest BCUT2D eigenvalue weighted by molar-refractivity contribution is 6.30. The van der Waals surface area contributed by atoms with Gasteiger partial charge in [0.1, 0.15) is 12.4 Å². The lowest BCUT2D eigenvalue weighted by molar-refractivity contribution is -0.123. The molecule has 0 unspecified atom stereocenters. The average Bonchev–Trinajstić information content (AvgIpc) is 2.78. The molecule has 1 N–H and O–H groups in total. The maximum Gasteiger partial charge on any atom is 0.277 e. The number of carbonyl (C=O) groups is 1. The maximum atomic E-state index is 11.9. The molecule has 0 saturated carbocycles. The van der Waals surface area contributed by atoms with Gasteiger partial charge in [-0.1, -0.05) is 47.5 Å². The molecular formula is C24H23ClN2O4. The molecule has 0 atom stereocenters. The van der Waals surface area contributed by atoms with Crippen LogP contribution in [0.25, 0.3) is 0 Å². The largest absolute Gasteiger partial charge is 0.493 e.